The van der Waals surface area contributed by atoms with Crippen molar-refractivity contribution in [3.05, 3.63) is 47.0 Å². The average Bonchev–Trinajstić information content (AvgIpc) is 3.16. The van der Waals surface area contributed by atoms with Crippen molar-refractivity contribution in [1.29, 1.82) is 0 Å². The van der Waals surface area contributed by atoms with E-state index in [4.69, 9.17) is 4.74 Å². The maximum Gasteiger partial charge on any atom is 0.257 e. The highest BCUT2D eigenvalue weighted by molar-refractivity contribution is 7.24. The Hall–Kier alpha value is -2.51. The predicted molar refractivity (Wildman–Crippen MR) is 98.5 cm³/mol. The molecule has 1 N–H and O–H groups in total. The van der Waals surface area contributed by atoms with Crippen molar-refractivity contribution in [3.8, 4) is 5.75 Å². The van der Waals surface area contributed by atoms with E-state index in [0.717, 1.165) is 25.4 Å². The van der Waals surface area contributed by atoms with Gasteiger partial charge in [-0.15, -0.1) is 11.3 Å². The summed E-state index contributed by atoms with van der Waals surface area (Å²) in [7, 11) is 1.59. The van der Waals surface area contributed by atoms with E-state index in [0.29, 0.717) is 16.4 Å². The lowest BCUT2D eigenvalue weighted by Crippen LogP contribution is -2.11. The number of hydrogen-bond acceptors (Lipinski definition) is 6. The van der Waals surface area contributed by atoms with Crippen molar-refractivity contribution in [2.75, 3.05) is 12.4 Å². The summed E-state index contributed by atoms with van der Waals surface area (Å²) >= 11 is 3.11. The summed E-state index contributed by atoms with van der Waals surface area (Å²) in [6, 6.07) is 11.0. The zero-order valence-corrected chi connectivity index (χ0v) is 14.6. The number of methoxy groups -OCH3 is 1. The van der Waals surface area contributed by atoms with Crippen LogP contribution in [-0.4, -0.2) is 23.0 Å². The molecule has 0 atom stereocenters. The molecule has 1 amide bonds. The molecule has 0 aliphatic rings. The smallest absolute Gasteiger partial charge is 0.257 e. The van der Waals surface area contributed by atoms with Gasteiger partial charge in [-0.05, 0) is 43.3 Å². The molecule has 7 heteroatoms. The zero-order valence-electron chi connectivity index (χ0n) is 13.0. The predicted octanol–water partition coefficient (Wildman–Crippen LogP) is 4.48. The average molecular weight is 355 g/mol. The summed E-state index contributed by atoms with van der Waals surface area (Å²) in [5, 5.41) is 4.46. The van der Waals surface area contributed by atoms with Gasteiger partial charge >= 0.3 is 0 Å². The molecule has 0 fully saturated rings. The molecule has 4 rings (SSSR count). The largest absolute Gasteiger partial charge is 0.497 e. The van der Waals surface area contributed by atoms with Gasteiger partial charge in [0.1, 0.15) is 11.3 Å². The standard InChI is InChI=1S/C17H13N3O2S2/c1-9-18-14-13(23-9)8-7-12-15(14)24-17(19-12)20-16(21)10-3-5-11(22-2)6-4-10/h3-8H,1-2H3,(H,19,20,21). The first-order chi connectivity index (χ1) is 11.6. The van der Waals surface area contributed by atoms with Gasteiger partial charge in [0.25, 0.3) is 5.91 Å². The van der Waals surface area contributed by atoms with Crippen LogP contribution in [0.5, 0.6) is 5.75 Å². The SMILES string of the molecule is COc1ccc(C(=O)Nc2nc3ccc4sc(C)nc4c3s2)cc1. The highest BCUT2D eigenvalue weighted by Crippen LogP contribution is 2.34. The van der Waals surface area contributed by atoms with Gasteiger partial charge < -0.3 is 4.74 Å². The van der Waals surface area contributed by atoms with E-state index in [-0.39, 0.29) is 5.91 Å². The monoisotopic (exact) mass is 355 g/mol. The van der Waals surface area contributed by atoms with Gasteiger partial charge in [0.15, 0.2) is 5.13 Å². The van der Waals surface area contributed by atoms with Crippen LogP contribution in [0, 0.1) is 6.92 Å². The number of hydrogen-bond donors (Lipinski definition) is 1. The topological polar surface area (TPSA) is 64.1 Å². The summed E-state index contributed by atoms with van der Waals surface area (Å²) in [5.41, 5.74) is 2.37. The molecule has 120 valence electrons. The first kappa shape index (κ1) is 15.0. The van der Waals surface area contributed by atoms with Crippen LogP contribution in [0.2, 0.25) is 0 Å². The lowest BCUT2D eigenvalue weighted by Gasteiger charge is -2.03. The number of rotatable bonds is 3. The molecule has 0 spiro atoms. The van der Waals surface area contributed by atoms with E-state index in [1.165, 1.54) is 11.3 Å². The van der Waals surface area contributed by atoms with Crippen LogP contribution in [-0.2, 0) is 0 Å². The fraction of sp³-hybridized carbons (Fsp3) is 0.118. The molecule has 0 aliphatic carbocycles. The van der Waals surface area contributed by atoms with Crippen LogP contribution in [0.1, 0.15) is 15.4 Å². The molecule has 0 bridgehead atoms. The molecular formula is C17H13N3O2S2. The van der Waals surface area contributed by atoms with E-state index in [9.17, 15) is 4.79 Å². The van der Waals surface area contributed by atoms with Crippen molar-refractivity contribution in [2.45, 2.75) is 6.92 Å². The molecule has 2 aromatic heterocycles. The number of amides is 1. The fourth-order valence-electron chi connectivity index (χ4n) is 2.45. The first-order valence-electron chi connectivity index (χ1n) is 7.26. The fourth-order valence-corrected chi connectivity index (χ4v) is 4.30. The van der Waals surface area contributed by atoms with Crippen LogP contribution < -0.4 is 10.1 Å². The van der Waals surface area contributed by atoms with Gasteiger partial charge in [-0.25, -0.2) is 9.97 Å². The highest BCUT2D eigenvalue weighted by Gasteiger charge is 2.13. The third-order valence-corrected chi connectivity index (χ3v) is 5.52. The Labute approximate surface area is 145 Å². The van der Waals surface area contributed by atoms with Crippen molar-refractivity contribution in [3.63, 3.8) is 0 Å². The Morgan fingerprint density at radius 2 is 1.88 bits per heavy atom. The summed E-state index contributed by atoms with van der Waals surface area (Å²) in [4.78, 5) is 21.4. The van der Waals surface area contributed by atoms with Gasteiger partial charge in [-0.2, -0.15) is 0 Å². The first-order valence-corrected chi connectivity index (χ1v) is 8.89. The Morgan fingerprint density at radius 1 is 1.08 bits per heavy atom. The number of carbonyl (C=O) groups is 1. The van der Waals surface area contributed by atoms with E-state index >= 15 is 0 Å². The number of anilines is 1. The summed E-state index contributed by atoms with van der Waals surface area (Å²) in [5.74, 6) is 0.523. The maximum atomic E-state index is 12.4. The molecule has 5 nitrogen and oxygen atoms in total. The molecule has 2 heterocycles. The van der Waals surface area contributed by atoms with Gasteiger partial charge in [-0.3, -0.25) is 10.1 Å². The van der Waals surface area contributed by atoms with Crippen LogP contribution >= 0.6 is 22.7 Å². The number of ether oxygens (including phenoxy) is 1. The van der Waals surface area contributed by atoms with Gasteiger partial charge in [-0.1, -0.05) is 11.3 Å². The molecule has 0 saturated heterocycles. The maximum absolute atomic E-state index is 12.4. The van der Waals surface area contributed by atoms with E-state index in [1.807, 2.05) is 19.1 Å². The Bertz CT molecular complexity index is 1050. The van der Waals surface area contributed by atoms with Crippen LogP contribution in [0.4, 0.5) is 5.13 Å². The quantitative estimate of drug-likeness (QED) is 0.589. The normalized spacial score (nSPS) is 11.1. The highest BCUT2D eigenvalue weighted by atomic mass is 32.1. The minimum Gasteiger partial charge on any atom is -0.497 e. The number of thiazole rings is 2. The number of aryl methyl sites for hydroxylation is 1. The van der Waals surface area contributed by atoms with Gasteiger partial charge in [0, 0.05) is 5.56 Å². The third kappa shape index (κ3) is 2.61. The Balaban J connectivity index is 1.66. The number of benzene rings is 2. The molecule has 0 aliphatic heterocycles. The zero-order chi connectivity index (χ0) is 16.7. The van der Waals surface area contributed by atoms with Crippen molar-refractivity contribution in [1.82, 2.24) is 9.97 Å². The molecule has 24 heavy (non-hydrogen) atoms. The van der Waals surface area contributed by atoms with Crippen molar-refractivity contribution < 1.29 is 9.53 Å². The van der Waals surface area contributed by atoms with Crippen molar-refractivity contribution >= 4 is 54.1 Å². The molecule has 0 saturated carbocycles. The molecule has 0 radical (unpaired) electrons. The summed E-state index contributed by atoms with van der Waals surface area (Å²) < 4.78 is 7.24. The lowest BCUT2D eigenvalue weighted by molar-refractivity contribution is 0.102. The lowest BCUT2D eigenvalue weighted by atomic mass is 10.2. The van der Waals surface area contributed by atoms with E-state index in [1.54, 1.807) is 42.7 Å². The van der Waals surface area contributed by atoms with Crippen LogP contribution in [0.25, 0.3) is 20.4 Å². The van der Waals surface area contributed by atoms with Gasteiger partial charge in [0.05, 0.1) is 27.0 Å². The molecule has 0 unspecified atom stereocenters. The third-order valence-electron chi connectivity index (χ3n) is 3.59. The summed E-state index contributed by atoms with van der Waals surface area (Å²) in [6.07, 6.45) is 0. The van der Waals surface area contributed by atoms with Crippen molar-refractivity contribution in [2.24, 2.45) is 0 Å². The number of carbonyl (C=O) groups excluding carboxylic acids is 1. The molecule has 2 aromatic carbocycles. The second-order valence-corrected chi connectivity index (χ2v) is 7.43. The van der Waals surface area contributed by atoms with Crippen LogP contribution in [0.15, 0.2) is 36.4 Å². The Morgan fingerprint density at radius 3 is 2.62 bits per heavy atom. The second-order valence-electron chi connectivity index (χ2n) is 5.20. The number of fused-ring (bicyclic) bond motifs is 3. The van der Waals surface area contributed by atoms with E-state index in [2.05, 4.69) is 15.3 Å². The minimum atomic E-state index is -0.192. The Kier molecular flexibility index (Phi) is 3.66. The number of aromatic nitrogens is 2. The molecular weight excluding hydrogens is 342 g/mol. The number of nitrogens with one attached hydrogen (secondary N) is 1. The molecule has 4 aromatic rings. The van der Waals surface area contributed by atoms with E-state index < -0.39 is 0 Å². The van der Waals surface area contributed by atoms with Crippen LogP contribution in [0.3, 0.4) is 0 Å². The minimum absolute atomic E-state index is 0.192. The van der Waals surface area contributed by atoms with Gasteiger partial charge in [0.2, 0.25) is 0 Å². The number of nitrogens with zero attached hydrogens (tertiary/aromatic N) is 2. The summed E-state index contributed by atoms with van der Waals surface area (Å²) in [6.45, 7) is 1.99. The second kappa shape index (κ2) is 5.85.